The summed E-state index contributed by atoms with van der Waals surface area (Å²) >= 11 is 0. The van der Waals surface area contributed by atoms with Crippen LogP contribution in [0.1, 0.15) is 11.1 Å². The molecule has 0 fully saturated rings. The molecule has 0 saturated carbocycles. The molecule has 0 bridgehead atoms. The number of benzene rings is 2. The van der Waals surface area contributed by atoms with E-state index >= 15 is 0 Å². The van der Waals surface area contributed by atoms with Gasteiger partial charge in [0.25, 0.3) is 0 Å². The van der Waals surface area contributed by atoms with Crippen LogP contribution in [0.25, 0.3) is 0 Å². The van der Waals surface area contributed by atoms with E-state index in [1.54, 1.807) is 7.11 Å². The fourth-order valence-corrected chi connectivity index (χ4v) is 1.88. The van der Waals surface area contributed by atoms with E-state index in [1.807, 2.05) is 24.3 Å². The predicted molar refractivity (Wildman–Crippen MR) is 70.8 cm³/mol. The van der Waals surface area contributed by atoms with E-state index in [0.717, 1.165) is 17.3 Å². The molecule has 0 atom stereocenters. The Labute approximate surface area is 111 Å². The summed E-state index contributed by atoms with van der Waals surface area (Å²) in [6.45, 7) is 0.843. The van der Waals surface area contributed by atoms with Gasteiger partial charge in [-0.25, -0.2) is 8.78 Å². The van der Waals surface area contributed by atoms with Gasteiger partial charge in [0.15, 0.2) is 0 Å². The third kappa shape index (κ3) is 3.76. The van der Waals surface area contributed by atoms with Gasteiger partial charge >= 0.3 is 0 Å². The number of rotatable bonds is 5. The minimum absolute atomic E-state index is 0.357. The van der Waals surface area contributed by atoms with Gasteiger partial charge in [-0.3, -0.25) is 0 Å². The molecule has 19 heavy (non-hydrogen) atoms. The molecule has 2 aromatic carbocycles. The number of ether oxygens (including phenoxy) is 1. The number of hydrogen-bond donors (Lipinski definition) is 1. The molecule has 2 rings (SSSR count). The van der Waals surface area contributed by atoms with Gasteiger partial charge in [-0.15, -0.1) is 0 Å². The summed E-state index contributed by atoms with van der Waals surface area (Å²) < 4.78 is 31.2. The van der Waals surface area contributed by atoms with Crippen LogP contribution < -0.4 is 5.32 Å². The van der Waals surface area contributed by atoms with Crippen molar-refractivity contribution in [3.8, 4) is 0 Å². The average molecular weight is 263 g/mol. The normalized spacial score (nSPS) is 10.5. The van der Waals surface area contributed by atoms with Gasteiger partial charge < -0.3 is 10.1 Å². The van der Waals surface area contributed by atoms with Crippen LogP contribution in [0.15, 0.2) is 42.5 Å². The van der Waals surface area contributed by atoms with Crippen molar-refractivity contribution in [2.24, 2.45) is 0 Å². The van der Waals surface area contributed by atoms with E-state index in [0.29, 0.717) is 18.7 Å². The summed E-state index contributed by atoms with van der Waals surface area (Å²) in [4.78, 5) is 0. The third-order valence-electron chi connectivity index (χ3n) is 2.72. The summed E-state index contributed by atoms with van der Waals surface area (Å²) in [6, 6.07) is 11.2. The highest BCUT2D eigenvalue weighted by Crippen LogP contribution is 2.17. The van der Waals surface area contributed by atoms with Crippen molar-refractivity contribution >= 4 is 5.69 Å². The Morgan fingerprint density at radius 1 is 1.05 bits per heavy atom. The summed E-state index contributed by atoms with van der Waals surface area (Å²) in [5.41, 5.74) is 2.46. The van der Waals surface area contributed by atoms with Crippen molar-refractivity contribution in [1.29, 1.82) is 0 Å². The minimum atomic E-state index is -0.568. The molecule has 2 aromatic rings. The van der Waals surface area contributed by atoms with E-state index < -0.39 is 11.6 Å². The first-order chi connectivity index (χ1) is 9.19. The van der Waals surface area contributed by atoms with Crippen molar-refractivity contribution in [1.82, 2.24) is 0 Å². The van der Waals surface area contributed by atoms with E-state index in [1.165, 1.54) is 12.1 Å². The minimum Gasteiger partial charge on any atom is -0.381 e. The summed E-state index contributed by atoms with van der Waals surface area (Å²) in [5.74, 6) is -1.14. The van der Waals surface area contributed by atoms with Crippen molar-refractivity contribution in [2.75, 3.05) is 12.4 Å². The third-order valence-corrected chi connectivity index (χ3v) is 2.72. The molecule has 0 aromatic heterocycles. The molecule has 100 valence electrons. The molecule has 0 aliphatic rings. The lowest BCUT2D eigenvalue weighted by Crippen LogP contribution is -2.03. The first-order valence-corrected chi connectivity index (χ1v) is 5.94. The van der Waals surface area contributed by atoms with Crippen LogP contribution in [0.3, 0.4) is 0 Å². The largest absolute Gasteiger partial charge is 0.381 e. The van der Waals surface area contributed by atoms with Gasteiger partial charge in [-0.05, 0) is 23.8 Å². The number of para-hydroxylation sites is 1. The zero-order valence-corrected chi connectivity index (χ0v) is 10.6. The molecule has 0 aliphatic heterocycles. The van der Waals surface area contributed by atoms with Gasteiger partial charge in [-0.1, -0.05) is 18.2 Å². The van der Waals surface area contributed by atoms with Crippen LogP contribution in [0.4, 0.5) is 14.5 Å². The van der Waals surface area contributed by atoms with Gasteiger partial charge in [0.05, 0.1) is 6.61 Å². The maximum absolute atomic E-state index is 13.1. The molecular weight excluding hydrogens is 248 g/mol. The van der Waals surface area contributed by atoms with Crippen LogP contribution in [-0.2, 0) is 17.9 Å². The fraction of sp³-hybridized carbons (Fsp3) is 0.200. The molecular formula is C15H15F2NO. The molecule has 0 aliphatic carbocycles. The Bertz CT molecular complexity index is 537. The van der Waals surface area contributed by atoms with Crippen molar-refractivity contribution in [2.45, 2.75) is 13.2 Å². The smallest absolute Gasteiger partial charge is 0.126 e. The van der Waals surface area contributed by atoms with Crippen LogP contribution in [0.5, 0.6) is 0 Å². The lowest BCUT2D eigenvalue weighted by molar-refractivity contribution is 0.185. The standard InChI is InChI=1S/C15H15F2NO/c1-19-10-12-4-2-3-5-15(12)18-9-11-6-13(16)8-14(17)7-11/h2-8,18H,9-10H2,1H3. The molecule has 4 heteroatoms. The Morgan fingerprint density at radius 3 is 2.42 bits per heavy atom. The first kappa shape index (κ1) is 13.5. The topological polar surface area (TPSA) is 21.3 Å². The Kier molecular flexibility index (Phi) is 4.47. The second-order valence-corrected chi connectivity index (χ2v) is 4.22. The quantitative estimate of drug-likeness (QED) is 0.887. The number of halogens is 2. The second-order valence-electron chi connectivity index (χ2n) is 4.22. The van der Waals surface area contributed by atoms with Gasteiger partial charge in [0, 0.05) is 31.0 Å². The zero-order chi connectivity index (χ0) is 13.7. The molecule has 2 nitrogen and oxygen atoms in total. The molecule has 0 spiro atoms. The summed E-state index contributed by atoms with van der Waals surface area (Å²) in [5, 5.41) is 3.16. The molecule has 0 saturated heterocycles. The maximum Gasteiger partial charge on any atom is 0.126 e. The van der Waals surface area contributed by atoms with E-state index in [9.17, 15) is 8.78 Å². The first-order valence-electron chi connectivity index (χ1n) is 5.94. The molecule has 1 N–H and O–H groups in total. The number of nitrogens with one attached hydrogen (secondary N) is 1. The summed E-state index contributed by atoms with van der Waals surface area (Å²) in [6.07, 6.45) is 0. The number of hydrogen-bond acceptors (Lipinski definition) is 2. The van der Waals surface area contributed by atoms with Crippen molar-refractivity contribution in [3.05, 3.63) is 65.2 Å². The molecule has 0 heterocycles. The maximum atomic E-state index is 13.1. The fourth-order valence-electron chi connectivity index (χ4n) is 1.88. The van der Waals surface area contributed by atoms with Crippen molar-refractivity contribution in [3.63, 3.8) is 0 Å². The van der Waals surface area contributed by atoms with E-state index in [4.69, 9.17) is 4.74 Å². The number of methoxy groups -OCH3 is 1. The lowest BCUT2D eigenvalue weighted by atomic mass is 10.1. The number of anilines is 1. The highest BCUT2D eigenvalue weighted by atomic mass is 19.1. The molecule has 0 unspecified atom stereocenters. The molecule has 0 amide bonds. The highest BCUT2D eigenvalue weighted by molar-refractivity contribution is 5.51. The predicted octanol–water partition coefficient (Wildman–Crippen LogP) is 3.72. The van der Waals surface area contributed by atoms with Crippen LogP contribution in [0, 0.1) is 11.6 Å². The Hall–Kier alpha value is -1.94. The Balaban J connectivity index is 2.09. The SMILES string of the molecule is COCc1ccccc1NCc1cc(F)cc(F)c1. The monoisotopic (exact) mass is 263 g/mol. The Morgan fingerprint density at radius 2 is 1.74 bits per heavy atom. The second kappa shape index (κ2) is 6.29. The van der Waals surface area contributed by atoms with E-state index in [-0.39, 0.29) is 0 Å². The van der Waals surface area contributed by atoms with Crippen LogP contribution in [-0.4, -0.2) is 7.11 Å². The zero-order valence-electron chi connectivity index (χ0n) is 10.6. The summed E-state index contributed by atoms with van der Waals surface area (Å²) in [7, 11) is 1.62. The van der Waals surface area contributed by atoms with Crippen LogP contribution in [0.2, 0.25) is 0 Å². The van der Waals surface area contributed by atoms with Gasteiger partial charge in [0.1, 0.15) is 11.6 Å². The average Bonchev–Trinajstić information content (AvgIpc) is 2.37. The van der Waals surface area contributed by atoms with Crippen LogP contribution >= 0.6 is 0 Å². The van der Waals surface area contributed by atoms with Crippen molar-refractivity contribution < 1.29 is 13.5 Å². The molecule has 0 radical (unpaired) electrons. The lowest BCUT2D eigenvalue weighted by Gasteiger charge is -2.11. The highest BCUT2D eigenvalue weighted by Gasteiger charge is 2.03. The van der Waals surface area contributed by atoms with Gasteiger partial charge in [-0.2, -0.15) is 0 Å². The van der Waals surface area contributed by atoms with E-state index in [2.05, 4.69) is 5.32 Å². The van der Waals surface area contributed by atoms with Gasteiger partial charge in [0.2, 0.25) is 0 Å².